The summed E-state index contributed by atoms with van der Waals surface area (Å²) < 4.78 is 1.10. The predicted octanol–water partition coefficient (Wildman–Crippen LogP) is 2.06. The van der Waals surface area contributed by atoms with Crippen LogP contribution in [0.4, 0.5) is 0 Å². The zero-order valence-corrected chi connectivity index (χ0v) is 12.5. The molecule has 0 aromatic heterocycles. The maximum Gasteiger partial charge on any atom is 0.326 e. The predicted molar refractivity (Wildman–Crippen MR) is 77.3 cm³/mol. The van der Waals surface area contributed by atoms with Crippen molar-refractivity contribution in [2.75, 3.05) is 0 Å². The van der Waals surface area contributed by atoms with E-state index in [1.54, 1.807) is 13.8 Å². The van der Waals surface area contributed by atoms with Crippen LogP contribution in [-0.4, -0.2) is 23.0 Å². The van der Waals surface area contributed by atoms with E-state index in [-0.39, 0.29) is 18.2 Å². The number of halogens is 1. The zero-order chi connectivity index (χ0) is 13.7. The van der Waals surface area contributed by atoms with Gasteiger partial charge in [0.15, 0.2) is 0 Å². The van der Waals surface area contributed by atoms with Gasteiger partial charge in [0.2, 0.25) is 5.91 Å². The Morgan fingerprint density at radius 1 is 1.28 bits per heavy atom. The van der Waals surface area contributed by atoms with Crippen LogP contribution in [0.1, 0.15) is 19.4 Å². The molecule has 4 nitrogen and oxygen atoms in total. The zero-order valence-electron chi connectivity index (χ0n) is 10.3. The Hall–Kier alpha value is -1.11. The van der Waals surface area contributed by atoms with E-state index in [1.807, 2.05) is 24.3 Å². The number of benzene rings is 1. The number of carbonyl (C=O) groups is 2. The summed E-state index contributed by atoms with van der Waals surface area (Å²) in [7, 11) is 0. The Balaban J connectivity index is 2.60. The van der Waals surface area contributed by atoms with Gasteiger partial charge in [-0.25, -0.2) is 4.79 Å². The van der Waals surface area contributed by atoms with Gasteiger partial charge in [0.1, 0.15) is 6.04 Å². The van der Waals surface area contributed by atoms with Crippen molar-refractivity contribution in [1.29, 1.82) is 0 Å². The molecule has 0 saturated heterocycles. The average Bonchev–Trinajstić information content (AvgIpc) is 2.28. The molecule has 1 aromatic rings. The fraction of sp³-hybridized carbons (Fsp3) is 0.385. The van der Waals surface area contributed by atoms with Crippen molar-refractivity contribution >= 4 is 34.5 Å². The minimum Gasteiger partial charge on any atom is -0.480 e. The van der Waals surface area contributed by atoms with Crippen molar-refractivity contribution in [3.63, 3.8) is 0 Å². The maximum atomic E-state index is 11.7. The van der Waals surface area contributed by atoms with Gasteiger partial charge in [0.25, 0.3) is 0 Å². The lowest BCUT2D eigenvalue weighted by Crippen LogP contribution is -2.44. The number of carbonyl (C=O) groups excluding carboxylic acids is 1. The van der Waals surface area contributed by atoms with Crippen molar-refractivity contribution in [2.24, 2.45) is 5.92 Å². The Bertz CT molecular complexity index is 428. The number of carboxylic acids is 1. The molecule has 0 aliphatic rings. The third kappa shape index (κ3) is 4.64. The monoisotopic (exact) mass is 361 g/mol. The van der Waals surface area contributed by atoms with E-state index < -0.39 is 12.0 Å². The Labute approximate surface area is 120 Å². The molecule has 0 aliphatic carbocycles. The van der Waals surface area contributed by atoms with Gasteiger partial charge in [-0.2, -0.15) is 0 Å². The molecule has 0 bridgehead atoms. The average molecular weight is 361 g/mol. The van der Waals surface area contributed by atoms with Gasteiger partial charge in [-0.05, 0) is 46.2 Å². The molecule has 0 heterocycles. The highest BCUT2D eigenvalue weighted by Gasteiger charge is 2.23. The molecule has 0 fully saturated rings. The second kappa shape index (κ2) is 6.72. The summed E-state index contributed by atoms with van der Waals surface area (Å²) in [4.78, 5) is 22.7. The van der Waals surface area contributed by atoms with Crippen molar-refractivity contribution in [1.82, 2.24) is 5.32 Å². The van der Waals surface area contributed by atoms with Gasteiger partial charge in [-0.1, -0.05) is 26.0 Å². The molecule has 0 spiro atoms. The molecule has 1 rings (SSSR count). The van der Waals surface area contributed by atoms with Crippen LogP contribution >= 0.6 is 22.6 Å². The van der Waals surface area contributed by atoms with Crippen LogP contribution in [0.3, 0.4) is 0 Å². The minimum atomic E-state index is -0.999. The highest BCUT2D eigenvalue weighted by Crippen LogP contribution is 2.08. The van der Waals surface area contributed by atoms with E-state index in [0.29, 0.717) is 0 Å². The number of hydrogen-bond acceptors (Lipinski definition) is 2. The van der Waals surface area contributed by atoms with Crippen molar-refractivity contribution < 1.29 is 14.7 Å². The van der Waals surface area contributed by atoms with Crippen LogP contribution < -0.4 is 5.32 Å². The van der Waals surface area contributed by atoms with Gasteiger partial charge >= 0.3 is 5.97 Å². The number of hydrogen-bond donors (Lipinski definition) is 2. The van der Waals surface area contributed by atoms with Crippen LogP contribution in [0.25, 0.3) is 0 Å². The first-order valence-electron chi connectivity index (χ1n) is 5.66. The molecular formula is C13H16INO3. The lowest BCUT2D eigenvalue weighted by Gasteiger charge is -2.17. The van der Waals surface area contributed by atoms with E-state index in [2.05, 4.69) is 27.9 Å². The third-order valence-electron chi connectivity index (χ3n) is 2.53. The third-order valence-corrected chi connectivity index (χ3v) is 3.25. The Morgan fingerprint density at radius 2 is 1.83 bits per heavy atom. The summed E-state index contributed by atoms with van der Waals surface area (Å²) in [5.74, 6) is -1.40. The lowest BCUT2D eigenvalue weighted by atomic mass is 10.0. The van der Waals surface area contributed by atoms with Crippen LogP contribution in [-0.2, 0) is 16.0 Å². The minimum absolute atomic E-state index is 0.136. The second-order valence-corrected chi connectivity index (χ2v) is 5.68. The first-order valence-corrected chi connectivity index (χ1v) is 6.74. The molecule has 5 heteroatoms. The summed E-state index contributed by atoms with van der Waals surface area (Å²) in [6.07, 6.45) is 0.202. The van der Waals surface area contributed by atoms with Crippen LogP contribution in [0, 0.1) is 9.49 Å². The molecule has 1 atom stereocenters. The summed E-state index contributed by atoms with van der Waals surface area (Å²) in [6.45, 7) is 3.54. The number of rotatable bonds is 5. The Kier molecular flexibility index (Phi) is 5.58. The standard InChI is InChI=1S/C13H16INO3/c1-8(2)12(13(17)18)15-11(16)7-9-3-5-10(14)6-4-9/h3-6,8,12H,7H2,1-2H3,(H,15,16)(H,17,18)/t12-/m1/s1. The number of aliphatic carboxylic acids is 1. The second-order valence-electron chi connectivity index (χ2n) is 4.43. The largest absolute Gasteiger partial charge is 0.480 e. The quantitative estimate of drug-likeness (QED) is 0.789. The highest BCUT2D eigenvalue weighted by molar-refractivity contribution is 14.1. The number of carboxylic acid groups (broad SMARTS) is 1. The van der Waals surface area contributed by atoms with Crippen molar-refractivity contribution in [3.05, 3.63) is 33.4 Å². The topological polar surface area (TPSA) is 66.4 Å². The molecular weight excluding hydrogens is 345 g/mol. The van der Waals surface area contributed by atoms with Crippen LogP contribution in [0.15, 0.2) is 24.3 Å². The fourth-order valence-corrected chi connectivity index (χ4v) is 1.89. The van der Waals surface area contributed by atoms with E-state index in [1.165, 1.54) is 0 Å². The molecule has 0 unspecified atom stereocenters. The molecule has 0 saturated carbocycles. The van der Waals surface area contributed by atoms with Gasteiger partial charge < -0.3 is 10.4 Å². The van der Waals surface area contributed by atoms with Gasteiger partial charge in [-0.3, -0.25) is 4.79 Å². The first-order chi connectivity index (χ1) is 8.40. The summed E-state index contributed by atoms with van der Waals surface area (Å²) in [5, 5.41) is 11.5. The van der Waals surface area contributed by atoms with Crippen LogP contribution in [0.5, 0.6) is 0 Å². The number of amides is 1. The summed E-state index contributed by atoms with van der Waals surface area (Å²) >= 11 is 2.19. The maximum absolute atomic E-state index is 11.7. The van der Waals surface area contributed by atoms with E-state index >= 15 is 0 Å². The highest BCUT2D eigenvalue weighted by atomic mass is 127. The van der Waals surface area contributed by atoms with Crippen molar-refractivity contribution in [3.8, 4) is 0 Å². The van der Waals surface area contributed by atoms with Crippen LogP contribution in [0.2, 0.25) is 0 Å². The summed E-state index contributed by atoms with van der Waals surface area (Å²) in [6, 6.07) is 6.74. The van der Waals surface area contributed by atoms with Gasteiger partial charge in [0, 0.05) is 3.57 Å². The molecule has 1 aromatic carbocycles. The van der Waals surface area contributed by atoms with E-state index in [0.717, 1.165) is 9.13 Å². The molecule has 1 amide bonds. The first kappa shape index (κ1) is 14.9. The molecule has 0 radical (unpaired) electrons. The number of nitrogens with one attached hydrogen (secondary N) is 1. The fourth-order valence-electron chi connectivity index (χ4n) is 1.53. The lowest BCUT2D eigenvalue weighted by molar-refractivity contribution is -0.143. The van der Waals surface area contributed by atoms with Crippen molar-refractivity contribution in [2.45, 2.75) is 26.3 Å². The van der Waals surface area contributed by atoms with Gasteiger partial charge in [0.05, 0.1) is 6.42 Å². The molecule has 2 N–H and O–H groups in total. The van der Waals surface area contributed by atoms with E-state index in [9.17, 15) is 9.59 Å². The smallest absolute Gasteiger partial charge is 0.326 e. The SMILES string of the molecule is CC(C)[C@@H](NC(=O)Cc1ccc(I)cc1)C(=O)O. The van der Waals surface area contributed by atoms with E-state index in [4.69, 9.17) is 5.11 Å². The molecule has 18 heavy (non-hydrogen) atoms. The summed E-state index contributed by atoms with van der Waals surface area (Å²) in [5.41, 5.74) is 0.876. The normalized spacial score (nSPS) is 12.2. The van der Waals surface area contributed by atoms with Gasteiger partial charge in [-0.15, -0.1) is 0 Å². The molecule has 98 valence electrons. The Morgan fingerprint density at radius 3 is 2.28 bits per heavy atom. The molecule has 0 aliphatic heterocycles.